The second-order valence-corrected chi connectivity index (χ2v) is 6.86. The maximum atomic E-state index is 12.3. The minimum atomic E-state index is -0.188. The molecular formula is C18H22N8O. The highest BCUT2D eigenvalue weighted by Crippen LogP contribution is 2.17. The predicted octanol–water partition coefficient (Wildman–Crippen LogP) is 1.13. The second-order valence-electron chi connectivity index (χ2n) is 6.86. The van der Waals surface area contributed by atoms with Crippen LogP contribution in [0.1, 0.15) is 41.7 Å². The van der Waals surface area contributed by atoms with Gasteiger partial charge >= 0.3 is 0 Å². The van der Waals surface area contributed by atoms with E-state index in [1.54, 1.807) is 12.5 Å². The molecule has 1 fully saturated rings. The lowest BCUT2D eigenvalue weighted by Gasteiger charge is -2.26. The van der Waals surface area contributed by atoms with Gasteiger partial charge in [-0.05, 0) is 43.4 Å². The zero-order valence-corrected chi connectivity index (χ0v) is 14.9. The molecule has 3 aromatic heterocycles. The SMILES string of the molecule is NC1CCC(NC(=O)c2cnc(NCc3ccn4cnnc4c3)cn2)CC1. The molecule has 0 unspecified atom stereocenters. The Morgan fingerprint density at radius 2 is 2.07 bits per heavy atom. The number of pyridine rings is 1. The first-order valence-corrected chi connectivity index (χ1v) is 9.08. The molecule has 27 heavy (non-hydrogen) atoms. The molecule has 4 N–H and O–H groups in total. The van der Waals surface area contributed by atoms with E-state index < -0.39 is 0 Å². The van der Waals surface area contributed by atoms with Crippen LogP contribution in [0.3, 0.4) is 0 Å². The van der Waals surface area contributed by atoms with Crippen molar-refractivity contribution in [1.82, 2.24) is 29.9 Å². The number of rotatable bonds is 5. The maximum absolute atomic E-state index is 12.3. The van der Waals surface area contributed by atoms with Crippen molar-refractivity contribution in [2.75, 3.05) is 5.32 Å². The minimum Gasteiger partial charge on any atom is -0.365 e. The Bertz CT molecular complexity index is 915. The fourth-order valence-corrected chi connectivity index (χ4v) is 3.22. The van der Waals surface area contributed by atoms with Gasteiger partial charge in [-0.3, -0.25) is 9.20 Å². The Balaban J connectivity index is 1.32. The van der Waals surface area contributed by atoms with Gasteiger partial charge in [-0.2, -0.15) is 0 Å². The lowest BCUT2D eigenvalue weighted by atomic mass is 9.92. The van der Waals surface area contributed by atoms with E-state index in [1.165, 1.54) is 6.20 Å². The first kappa shape index (κ1) is 17.3. The average molecular weight is 366 g/mol. The molecule has 3 heterocycles. The third kappa shape index (κ3) is 4.20. The van der Waals surface area contributed by atoms with Gasteiger partial charge in [-0.25, -0.2) is 9.97 Å². The number of carbonyl (C=O) groups is 1. The molecule has 9 nitrogen and oxygen atoms in total. The number of hydrogen-bond acceptors (Lipinski definition) is 7. The zero-order chi connectivity index (χ0) is 18.6. The second kappa shape index (κ2) is 7.67. The average Bonchev–Trinajstić information content (AvgIpc) is 3.16. The summed E-state index contributed by atoms with van der Waals surface area (Å²) in [7, 11) is 0. The molecule has 4 rings (SSSR count). The predicted molar refractivity (Wildman–Crippen MR) is 100 cm³/mol. The van der Waals surface area contributed by atoms with E-state index in [0.29, 0.717) is 18.1 Å². The molecule has 0 aromatic carbocycles. The standard InChI is InChI=1S/C18H22N8O/c19-13-1-3-14(4-2-13)24-18(27)15-9-22-16(10-20-15)21-8-12-5-6-26-11-23-25-17(26)7-12/h5-7,9-11,13-14H,1-4,8,19H2,(H,21,22)(H,24,27). The lowest BCUT2D eigenvalue weighted by Crippen LogP contribution is -2.40. The van der Waals surface area contributed by atoms with E-state index in [9.17, 15) is 4.79 Å². The van der Waals surface area contributed by atoms with Gasteiger partial charge in [0.1, 0.15) is 17.8 Å². The van der Waals surface area contributed by atoms with E-state index in [-0.39, 0.29) is 18.0 Å². The van der Waals surface area contributed by atoms with Crippen LogP contribution >= 0.6 is 0 Å². The highest BCUT2D eigenvalue weighted by Gasteiger charge is 2.21. The number of anilines is 1. The maximum Gasteiger partial charge on any atom is 0.271 e. The number of carbonyl (C=O) groups excluding carboxylic acids is 1. The first-order chi connectivity index (χ1) is 13.2. The molecule has 1 aliphatic carbocycles. The highest BCUT2D eigenvalue weighted by atomic mass is 16.1. The topological polar surface area (TPSA) is 123 Å². The summed E-state index contributed by atoms with van der Waals surface area (Å²) < 4.78 is 1.84. The molecule has 0 radical (unpaired) electrons. The number of nitrogens with two attached hydrogens (primary N) is 1. The molecule has 0 spiro atoms. The molecule has 0 bridgehead atoms. The van der Waals surface area contributed by atoms with Crippen molar-refractivity contribution in [2.45, 2.75) is 44.3 Å². The van der Waals surface area contributed by atoms with Crippen molar-refractivity contribution in [3.63, 3.8) is 0 Å². The van der Waals surface area contributed by atoms with E-state index in [0.717, 1.165) is 36.9 Å². The number of hydrogen-bond donors (Lipinski definition) is 3. The van der Waals surface area contributed by atoms with Crippen LogP contribution in [-0.4, -0.2) is 42.6 Å². The van der Waals surface area contributed by atoms with Crippen molar-refractivity contribution in [3.8, 4) is 0 Å². The van der Waals surface area contributed by atoms with Crippen LogP contribution in [-0.2, 0) is 6.54 Å². The fourth-order valence-electron chi connectivity index (χ4n) is 3.22. The lowest BCUT2D eigenvalue weighted by molar-refractivity contribution is 0.0920. The Hall–Kier alpha value is -3.07. The van der Waals surface area contributed by atoms with Gasteiger partial charge in [0.15, 0.2) is 5.65 Å². The third-order valence-electron chi connectivity index (χ3n) is 4.83. The summed E-state index contributed by atoms with van der Waals surface area (Å²) >= 11 is 0. The van der Waals surface area contributed by atoms with Gasteiger partial charge in [0, 0.05) is 24.8 Å². The van der Waals surface area contributed by atoms with Gasteiger partial charge < -0.3 is 16.4 Å². The molecule has 0 atom stereocenters. The summed E-state index contributed by atoms with van der Waals surface area (Å²) in [6.45, 7) is 0.575. The summed E-state index contributed by atoms with van der Waals surface area (Å²) in [4.78, 5) is 20.8. The van der Waals surface area contributed by atoms with Crippen molar-refractivity contribution >= 4 is 17.4 Å². The zero-order valence-electron chi connectivity index (χ0n) is 14.9. The summed E-state index contributed by atoms with van der Waals surface area (Å²) in [6.07, 6.45) is 10.3. The van der Waals surface area contributed by atoms with Crippen LogP contribution in [0.2, 0.25) is 0 Å². The fraction of sp³-hybridized carbons (Fsp3) is 0.389. The van der Waals surface area contributed by atoms with Gasteiger partial charge in [0.05, 0.1) is 12.4 Å². The smallest absolute Gasteiger partial charge is 0.271 e. The van der Waals surface area contributed by atoms with E-state index in [1.807, 2.05) is 22.7 Å². The van der Waals surface area contributed by atoms with Gasteiger partial charge in [0.25, 0.3) is 5.91 Å². The number of aromatic nitrogens is 5. The molecule has 1 amide bonds. The normalized spacial score (nSPS) is 19.7. The summed E-state index contributed by atoms with van der Waals surface area (Å²) in [6, 6.07) is 4.36. The van der Waals surface area contributed by atoms with Crippen LogP contribution in [0.4, 0.5) is 5.82 Å². The molecule has 3 aromatic rings. The molecule has 0 aliphatic heterocycles. The van der Waals surface area contributed by atoms with Gasteiger partial charge in [-0.1, -0.05) is 0 Å². The van der Waals surface area contributed by atoms with Crippen LogP contribution < -0.4 is 16.4 Å². The molecule has 1 saturated carbocycles. The Kier molecular flexibility index (Phi) is 4.93. The number of fused-ring (bicyclic) bond motifs is 1. The van der Waals surface area contributed by atoms with Crippen molar-refractivity contribution in [3.05, 3.63) is 48.3 Å². The van der Waals surface area contributed by atoms with E-state index in [2.05, 4.69) is 30.8 Å². The molecule has 1 aliphatic rings. The summed E-state index contributed by atoms with van der Waals surface area (Å²) in [5, 5.41) is 14.1. The van der Waals surface area contributed by atoms with Crippen molar-refractivity contribution in [2.24, 2.45) is 5.73 Å². The molecule has 9 heteroatoms. The number of nitrogens with one attached hydrogen (secondary N) is 2. The monoisotopic (exact) mass is 366 g/mol. The van der Waals surface area contributed by atoms with Crippen molar-refractivity contribution in [1.29, 1.82) is 0 Å². The summed E-state index contributed by atoms with van der Waals surface area (Å²) in [5.74, 6) is 0.420. The quantitative estimate of drug-likeness (QED) is 0.618. The highest BCUT2D eigenvalue weighted by molar-refractivity contribution is 5.92. The Morgan fingerprint density at radius 3 is 2.85 bits per heavy atom. The number of nitrogens with zero attached hydrogens (tertiary/aromatic N) is 5. The van der Waals surface area contributed by atoms with Crippen molar-refractivity contribution < 1.29 is 4.79 Å². The molecule has 0 saturated heterocycles. The van der Waals surface area contributed by atoms with Crippen LogP contribution in [0.15, 0.2) is 37.1 Å². The van der Waals surface area contributed by atoms with Crippen LogP contribution in [0.5, 0.6) is 0 Å². The van der Waals surface area contributed by atoms with Crippen LogP contribution in [0, 0.1) is 0 Å². The third-order valence-corrected chi connectivity index (χ3v) is 4.83. The first-order valence-electron chi connectivity index (χ1n) is 9.08. The van der Waals surface area contributed by atoms with Crippen LogP contribution in [0.25, 0.3) is 5.65 Å². The largest absolute Gasteiger partial charge is 0.365 e. The molecule has 140 valence electrons. The van der Waals surface area contributed by atoms with Gasteiger partial charge in [0.2, 0.25) is 0 Å². The van der Waals surface area contributed by atoms with Gasteiger partial charge in [-0.15, -0.1) is 10.2 Å². The number of amides is 1. The summed E-state index contributed by atoms with van der Waals surface area (Å²) in [5.41, 5.74) is 8.06. The molecular weight excluding hydrogens is 344 g/mol. The Labute approximate surface area is 156 Å². The van der Waals surface area contributed by atoms with E-state index >= 15 is 0 Å². The Morgan fingerprint density at radius 1 is 1.22 bits per heavy atom. The van der Waals surface area contributed by atoms with E-state index in [4.69, 9.17) is 5.73 Å². The minimum absolute atomic E-state index is 0.170.